The van der Waals surface area contributed by atoms with E-state index in [0.29, 0.717) is 39.0 Å². The molecule has 6 nitrogen and oxygen atoms in total. The molecule has 2 aromatic carbocycles. The molecule has 0 unspecified atom stereocenters. The minimum Gasteiger partial charge on any atom is -0.493 e. The van der Waals surface area contributed by atoms with Gasteiger partial charge in [0.2, 0.25) is 0 Å². The van der Waals surface area contributed by atoms with Crippen molar-refractivity contribution in [1.82, 2.24) is 14.9 Å². The highest BCUT2D eigenvalue weighted by molar-refractivity contribution is 9.10. The number of methoxy groups -OCH3 is 1. The zero-order valence-corrected chi connectivity index (χ0v) is 19.3. The van der Waals surface area contributed by atoms with Crippen molar-refractivity contribution in [3.05, 3.63) is 75.2 Å². The van der Waals surface area contributed by atoms with Gasteiger partial charge in [-0.05, 0) is 52.2 Å². The quantitative estimate of drug-likeness (QED) is 0.472. The zero-order chi connectivity index (χ0) is 21.7. The lowest BCUT2D eigenvalue weighted by Gasteiger charge is -2.20. The molecule has 1 atom stereocenters. The van der Waals surface area contributed by atoms with E-state index in [0.717, 1.165) is 12.0 Å². The average Bonchev–Trinajstić information content (AvgIpc) is 3.16. The molecule has 0 saturated carbocycles. The minimum absolute atomic E-state index is 0.265. The highest BCUT2D eigenvalue weighted by Crippen LogP contribution is 2.37. The lowest BCUT2D eigenvalue weighted by molar-refractivity contribution is 0.0940. The maximum Gasteiger partial charge on any atom is 0.252 e. The van der Waals surface area contributed by atoms with Crippen LogP contribution < -0.4 is 14.8 Å². The summed E-state index contributed by atoms with van der Waals surface area (Å²) < 4.78 is 13.7. The third-order valence-corrected chi connectivity index (χ3v) is 5.38. The third kappa shape index (κ3) is 4.96. The number of carbonyl (C=O) groups is 1. The molecule has 1 heterocycles. The number of hydrogen-bond donors (Lipinski definition) is 1. The molecule has 158 valence electrons. The second kappa shape index (κ2) is 10.00. The van der Waals surface area contributed by atoms with Gasteiger partial charge in [0, 0.05) is 30.0 Å². The number of imidazole rings is 1. The molecule has 0 saturated heterocycles. The first-order valence-corrected chi connectivity index (χ1v) is 10.7. The van der Waals surface area contributed by atoms with Crippen LogP contribution >= 0.6 is 27.5 Å². The van der Waals surface area contributed by atoms with Crippen molar-refractivity contribution in [1.29, 1.82) is 0 Å². The van der Waals surface area contributed by atoms with Crippen LogP contribution in [0.4, 0.5) is 0 Å². The number of carbonyl (C=O) groups excluding carboxylic acids is 1. The molecule has 0 fully saturated rings. The van der Waals surface area contributed by atoms with E-state index in [9.17, 15) is 4.79 Å². The smallest absolute Gasteiger partial charge is 0.252 e. The molecule has 0 spiro atoms. The molecule has 1 amide bonds. The first-order valence-electron chi connectivity index (χ1n) is 9.48. The summed E-state index contributed by atoms with van der Waals surface area (Å²) in [6.45, 7) is 2.58. The molecule has 3 rings (SSSR count). The van der Waals surface area contributed by atoms with Crippen molar-refractivity contribution in [3.8, 4) is 11.5 Å². The van der Waals surface area contributed by atoms with E-state index in [1.165, 1.54) is 0 Å². The highest BCUT2D eigenvalue weighted by atomic mass is 79.9. The molecule has 30 heavy (non-hydrogen) atoms. The van der Waals surface area contributed by atoms with Crippen LogP contribution in [0.3, 0.4) is 0 Å². The molecular weight excluding hydrogens is 470 g/mol. The Hall–Kier alpha value is -2.51. The van der Waals surface area contributed by atoms with Crippen molar-refractivity contribution >= 4 is 33.4 Å². The van der Waals surface area contributed by atoms with Gasteiger partial charge >= 0.3 is 0 Å². The van der Waals surface area contributed by atoms with E-state index >= 15 is 0 Å². The number of benzene rings is 2. The van der Waals surface area contributed by atoms with E-state index < -0.39 is 6.04 Å². The Kier molecular flexibility index (Phi) is 7.39. The van der Waals surface area contributed by atoms with Crippen molar-refractivity contribution in [2.75, 3.05) is 13.7 Å². The van der Waals surface area contributed by atoms with Crippen molar-refractivity contribution in [2.45, 2.75) is 19.4 Å². The number of hydrogen-bond acceptors (Lipinski definition) is 4. The van der Waals surface area contributed by atoms with Crippen molar-refractivity contribution in [2.24, 2.45) is 7.05 Å². The molecule has 3 aromatic rings. The summed E-state index contributed by atoms with van der Waals surface area (Å²) in [5.41, 5.74) is 1.31. The lowest BCUT2D eigenvalue weighted by atomic mass is 10.1. The van der Waals surface area contributed by atoms with Crippen molar-refractivity contribution < 1.29 is 14.3 Å². The Balaban J connectivity index is 1.93. The monoisotopic (exact) mass is 491 g/mol. The van der Waals surface area contributed by atoms with E-state index in [-0.39, 0.29) is 5.91 Å². The normalized spacial score (nSPS) is 11.8. The molecule has 0 bridgehead atoms. The summed E-state index contributed by atoms with van der Waals surface area (Å²) in [7, 11) is 3.43. The van der Waals surface area contributed by atoms with E-state index in [1.54, 1.807) is 37.6 Å². The molecule has 8 heteroatoms. The molecule has 1 N–H and O–H groups in total. The fourth-order valence-electron chi connectivity index (χ4n) is 3.02. The number of halogens is 2. The van der Waals surface area contributed by atoms with Crippen LogP contribution in [0.25, 0.3) is 0 Å². The number of nitrogens with one attached hydrogen (secondary N) is 1. The fraction of sp³-hybridized carbons (Fsp3) is 0.273. The van der Waals surface area contributed by atoms with Crippen LogP contribution in [-0.4, -0.2) is 29.2 Å². The number of amides is 1. The average molecular weight is 493 g/mol. The number of nitrogens with zero attached hydrogens (tertiary/aromatic N) is 2. The number of aromatic nitrogens is 2. The summed E-state index contributed by atoms with van der Waals surface area (Å²) in [4.78, 5) is 17.6. The van der Waals surface area contributed by atoms with Crippen molar-refractivity contribution in [3.63, 3.8) is 0 Å². The Morgan fingerprint density at radius 3 is 2.63 bits per heavy atom. The van der Waals surface area contributed by atoms with Gasteiger partial charge in [-0.3, -0.25) is 4.79 Å². The van der Waals surface area contributed by atoms with Gasteiger partial charge in [0.05, 0.1) is 18.2 Å². The number of rotatable bonds is 8. The molecule has 0 aliphatic heterocycles. The van der Waals surface area contributed by atoms with Gasteiger partial charge in [0.25, 0.3) is 5.91 Å². The van der Waals surface area contributed by atoms with Gasteiger partial charge in [-0.15, -0.1) is 0 Å². The van der Waals surface area contributed by atoms with Gasteiger partial charge in [-0.1, -0.05) is 30.7 Å². The number of aryl methyl sites for hydroxylation is 1. The maximum absolute atomic E-state index is 13.2. The standard InChI is InChI=1S/C22H23BrClN3O3/c1-4-11-30-20-17(23)12-15(13-18(20)29-3)22(28)26-19(21-25-9-10-27(21)2)14-5-7-16(24)8-6-14/h5-10,12-13,19H,4,11H2,1-3H3,(H,26,28)/t19-/m0/s1. The van der Waals surface area contributed by atoms with Crippen LogP contribution in [0.1, 0.15) is 41.1 Å². The molecular formula is C22H23BrClN3O3. The van der Waals surface area contributed by atoms with Gasteiger partial charge in [-0.2, -0.15) is 0 Å². The first-order chi connectivity index (χ1) is 14.4. The van der Waals surface area contributed by atoms with E-state index in [1.807, 2.05) is 36.9 Å². The van der Waals surface area contributed by atoms with Gasteiger partial charge in [-0.25, -0.2) is 4.98 Å². The molecule has 0 aliphatic carbocycles. The SMILES string of the molecule is CCCOc1c(Br)cc(C(=O)N[C@@H](c2ccc(Cl)cc2)c2nccn2C)cc1OC. The Morgan fingerprint density at radius 1 is 1.30 bits per heavy atom. The lowest BCUT2D eigenvalue weighted by Crippen LogP contribution is -2.31. The Bertz CT molecular complexity index is 1020. The van der Waals surface area contributed by atoms with E-state index in [2.05, 4.69) is 26.2 Å². The summed E-state index contributed by atoms with van der Waals surface area (Å²) in [6, 6.07) is 10.3. The maximum atomic E-state index is 13.2. The second-order valence-electron chi connectivity index (χ2n) is 6.69. The Morgan fingerprint density at radius 2 is 2.03 bits per heavy atom. The topological polar surface area (TPSA) is 65.4 Å². The van der Waals surface area contributed by atoms with E-state index in [4.69, 9.17) is 21.1 Å². The third-order valence-electron chi connectivity index (χ3n) is 4.54. The van der Waals surface area contributed by atoms with Crippen LogP contribution in [0.2, 0.25) is 5.02 Å². The predicted molar refractivity (Wildman–Crippen MR) is 120 cm³/mol. The van der Waals surface area contributed by atoms with Gasteiger partial charge in [0.15, 0.2) is 11.5 Å². The van der Waals surface area contributed by atoms with Gasteiger partial charge in [0.1, 0.15) is 11.9 Å². The summed E-state index contributed by atoms with van der Waals surface area (Å²) in [5, 5.41) is 3.70. The molecule has 0 radical (unpaired) electrons. The van der Waals surface area contributed by atoms with Crippen LogP contribution in [0.15, 0.2) is 53.3 Å². The number of ether oxygens (including phenoxy) is 2. The summed E-state index contributed by atoms with van der Waals surface area (Å²) >= 11 is 9.53. The first kappa shape index (κ1) is 22.2. The largest absolute Gasteiger partial charge is 0.493 e. The second-order valence-corrected chi connectivity index (χ2v) is 7.98. The highest BCUT2D eigenvalue weighted by Gasteiger charge is 2.23. The van der Waals surface area contributed by atoms with Gasteiger partial charge < -0.3 is 19.4 Å². The minimum atomic E-state index is -0.449. The van der Waals surface area contributed by atoms with Crippen LogP contribution in [0.5, 0.6) is 11.5 Å². The Labute approximate surface area is 189 Å². The predicted octanol–water partition coefficient (Wildman–Crippen LogP) is 5.15. The van der Waals surface area contributed by atoms with Crippen LogP contribution in [-0.2, 0) is 7.05 Å². The fourth-order valence-corrected chi connectivity index (χ4v) is 3.70. The summed E-state index contributed by atoms with van der Waals surface area (Å²) in [6.07, 6.45) is 4.40. The molecule has 1 aromatic heterocycles. The van der Waals surface area contributed by atoms with Crippen LogP contribution in [0, 0.1) is 0 Å². The zero-order valence-electron chi connectivity index (χ0n) is 17.0. The molecule has 0 aliphatic rings. The summed E-state index contributed by atoms with van der Waals surface area (Å²) in [5.74, 6) is 1.51.